The quantitative estimate of drug-likeness (QED) is 0.870. The van der Waals surface area contributed by atoms with Crippen LogP contribution in [0.3, 0.4) is 0 Å². The van der Waals surface area contributed by atoms with Gasteiger partial charge in [-0.3, -0.25) is 4.98 Å². The van der Waals surface area contributed by atoms with Gasteiger partial charge < -0.3 is 5.32 Å². The molecule has 1 aromatic heterocycles. The summed E-state index contributed by atoms with van der Waals surface area (Å²) in [6.07, 6.45) is 4.14. The summed E-state index contributed by atoms with van der Waals surface area (Å²) in [5, 5.41) is 5.11. The van der Waals surface area contributed by atoms with E-state index < -0.39 is 0 Å². The molecule has 1 saturated heterocycles. The van der Waals surface area contributed by atoms with Crippen molar-refractivity contribution in [3.05, 3.63) is 29.6 Å². The molecule has 2 rings (SSSR count). The van der Waals surface area contributed by atoms with Crippen LogP contribution in [-0.2, 0) is 12.8 Å². The zero-order valence-corrected chi connectivity index (χ0v) is 14.4. The number of rotatable bonds is 6. The second-order valence-corrected chi connectivity index (χ2v) is 8.06. The van der Waals surface area contributed by atoms with Crippen LogP contribution in [-0.4, -0.2) is 39.6 Å². The van der Waals surface area contributed by atoms with Crippen molar-refractivity contribution in [2.24, 2.45) is 0 Å². The highest BCUT2D eigenvalue weighted by molar-refractivity contribution is 8.07. The summed E-state index contributed by atoms with van der Waals surface area (Å²) < 4.78 is 0. The SMILES string of the molecule is CCNC(Cc1ccc(CC)cn1)C1SCCSC1C. The lowest BCUT2D eigenvalue weighted by Crippen LogP contribution is -2.45. The summed E-state index contributed by atoms with van der Waals surface area (Å²) in [7, 11) is 0. The Morgan fingerprint density at radius 3 is 2.70 bits per heavy atom. The second kappa shape index (κ2) is 8.30. The molecule has 1 aromatic rings. The van der Waals surface area contributed by atoms with Gasteiger partial charge in [-0.05, 0) is 24.6 Å². The lowest BCUT2D eigenvalue weighted by Gasteiger charge is -2.34. The fraction of sp³-hybridized carbons (Fsp3) is 0.688. The summed E-state index contributed by atoms with van der Waals surface area (Å²) in [4.78, 5) is 4.64. The highest BCUT2D eigenvalue weighted by atomic mass is 32.2. The maximum Gasteiger partial charge on any atom is 0.0419 e. The zero-order valence-electron chi connectivity index (χ0n) is 12.8. The molecule has 1 aliphatic heterocycles. The second-order valence-electron chi connectivity index (χ2n) is 5.29. The molecule has 0 aromatic carbocycles. The van der Waals surface area contributed by atoms with Crippen LogP contribution >= 0.6 is 23.5 Å². The molecule has 0 saturated carbocycles. The number of hydrogen-bond acceptors (Lipinski definition) is 4. The summed E-state index contributed by atoms with van der Waals surface area (Å²) in [6, 6.07) is 4.96. The molecule has 112 valence electrons. The van der Waals surface area contributed by atoms with Crippen molar-refractivity contribution in [2.75, 3.05) is 18.1 Å². The minimum atomic E-state index is 0.535. The number of thioether (sulfide) groups is 2. The van der Waals surface area contributed by atoms with Crippen LogP contribution in [0.25, 0.3) is 0 Å². The molecule has 0 bridgehead atoms. The topological polar surface area (TPSA) is 24.9 Å². The number of aromatic nitrogens is 1. The predicted molar refractivity (Wildman–Crippen MR) is 92.9 cm³/mol. The Morgan fingerprint density at radius 2 is 2.10 bits per heavy atom. The zero-order chi connectivity index (χ0) is 14.4. The number of nitrogens with zero attached hydrogens (tertiary/aromatic N) is 1. The molecule has 2 heterocycles. The molecule has 2 nitrogen and oxygen atoms in total. The van der Waals surface area contributed by atoms with E-state index in [9.17, 15) is 0 Å². The first-order valence-electron chi connectivity index (χ1n) is 7.65. The van der Waals surface area contributed by atoms with E-state index in [-0.39, 0.29) is 0 Å². The average Bonchev–Trinajstić information content (AvgIpc) is 2.48. The van der Waals surface area contributed by atoms with Gasteiger partial charge in [0.15, 0.2) is 0 Å². The van der Waals surface area contributed by atoms with Crippen LogP contribution in [0.5, 0.6) is 0 Å². The number of nitrogens with one attached hydrogen (secondary N) is 1. The van der Waals surface area contributed by atoms with Gasteiger partial charge in [-0.2, -0.15) is 23.5 Å². The Bertz CT molecular complexity index is 394. The van der Waals surface area contributed by atoms with Crippen LogP contribution < -0.4 is 5.32 Å². The van der Waals surface area contributed by atoms with Crippen molar-refractivity contribution in [1.82, 2.24) is 10.3 Å². The minimum absolute atomic E-state index is 0.535. The predicted octanol–water partition coefficient (Wildman–Crippen LogP) is 3.40. The fourth-order valence-corrected chi connectivity index (χ4v) is 5.63. The lowest BCUT2D eigenvalue weighted by atomic mass is 10.0. The van der Waals surface area contributed by atoms with Gasteiger partial charge in [-0.15, -0.1) is 0 Å². The van der Waals surface area contributed by atoms with Crippen molar-refractivity contribution in [3.63, 3.8) is 0 Å². The van der Waals surface area contributed by atoms with E-state index in [1.54, 1.807) is 0 Å². The number of likely N-dealkylation sites (N-methyl/N-ethyl adjacent to an activating group) is 1. The van der Waals surface area contributed by atoms with Gasteiger partial charge in [0, 0.05) is 46.4 Å². The highest BCUT2D eigenvalue weighted by Gasteiger charge is 2.30. The third-order valence-corrected chi connectivity index (χ3v) is 7.07. The Hall–Kier alpha value is -0.190. The van der Waals surface area contributed by atoms with E-state index in [4.69, 9.17) is 0 Å². The van der Waals surface area contributed by atoms with Gasteiger partial charge in [0.25, 0.3) is 0 Å². The maximum absolute atomic E-state index is 4.64. The molecular weight excluding hydrogens is 284 g/mol. The molecule has 20 heavy (non-hydrogen) atoms. The Balaban J connectivity index is 2.03. The van der Waals surface area contributed by atoms with E-state index in [1.807, 2.05) is 6.20 Å². The van der Waals surface area contributed by atoms with Gasteiger partial charge >= 0.3 is 0 Å². The third kappa shape index (κ3) is 4.40. The average molecular weight is 311 g/mol. The van der Waals surface area contributed by atoms with E-state index >= 15 is 0 Å². The monoisotopic (exact) mass is 310 g/mol. The minimum Gasteiger partial charge on any atom is -0.313 e. The Morgan fingerprint density at radius 1 is 1.30 bits per heavy atom. The van der Waals surface area contributed by atoms with Crippen molar-refractivity contribution >= 4 is 23.5 Å². The lowest BCUT2D eigenvalue weighted by molar-refractivity contribution is 0.496. The summed E-state index contributed by atoms with van der Waals surface area (Å²) in [5.41, 5.74) is 2.54. The molecule has 3 unspecified atom stereocenters. The van der Waals surface area contributed by atoms with Gasteiger partial charge in [-0.25, -0.2) is 0 Å². The van der Waals surface area contributed by atoms with Crippen LogP contribution in [0.1, 0.15) is 32.0 Å². The molecule has 1 aliphatic rings. The molecule has 1 fully saturated rings. The highest BCUT2D eigenvalue weighted by Crippen LogP contribution is 2.33. The van der Waals surface area contributed by atoms with Crippen molar-refractivity contribution in [2.45, 2.75) is 50.2 Å². The largest absolute Gasteiger partial charge is 0.313 e. The molecule has 3 atom stereocenters. The van der Waals surface area contributed by atoms with Crippen molar-refractivity contribution in [3.8, 4) is 0 Å². The molecule has 4 heteroatoms. The van der Waals surface area contributed by atoms with E-state index in [2.05, 4.69) is 66.7 Å². The first-order chi connectivity index (χ1) is 9.74. The summed E-state index contributed by atoms with van der Waals surface area (Å²) in [6.45, 7) is 7.78. The van der Waals surface area contributed by atoms with E-state index in [0.29, 0.717) is 11.3 Å². The van der Waals surface area contributed by atoms with Gasteiger partial charge in [0.1, 0.15) is 0 Å². The van der Waals surface area contributed by atoms with Crippen LogP contribution in [0.2, 0.25) is 0 Å². The first kappa shape index (κ1) is 16.2. The van der Waals surface area contributed by atoms with E-state index in [1.165, 1.54) is 22.8 Å². The third-order valence-electron chi connectivity index (χ3n) is 3.82. The molecule has 0 amide bonds. The standard InChI is InChI=1S/C16H26N2S2/c1-4-13-6-7-14(18-11-13)10-15(17-5-2)16-12(3)19-8-9-20-16/h6-7,11-12,15-17H,4-5,8-10H2,1-3H3. The maximum atomic E-state index is 4.64. The van der Waals surface area contributed by atoms with Gasteiger partial charge in [0.05, 0.1) is 0 Å². The van der Waals surface area contributed by atoms with Crippen LogP contribution in [0.15, 0.2) is 18.3 Å². The molecule has 0 spiro atoms. The fourth-order valence-electron chi connectivity index (χ4n) is 2.67. The van der Waals surface area contributed by atoms with Crippen molar-refractivity contribution < 1.29 is 0 Å². The van der Waals surface area contributed by atoms with Gasteiger partial charge in [0.2, 0.25) is 0 Å². The Labute approximate surface area is 131 Å². The van der Waals surface area contributed by atoms with Gasteiger partial charge in [-0.1, -0.05) is 26.8 Å². The van der Waals surface area contributed by atoms with Crippen LogP contribution in [0, 0.1) is 0 Å². The molecule has 1 N–H and O–H groups in total. The Kier molecular flexibility index (Phi) is 6.72. The first-order valence-corrected chi connectivity index (χ1v) is 9.74. The number of pyridine rings is 1. The normalized spacial score (nSPS) is 24.6. The molecule has 0 radical (unpaired) electrons. The van der Waals surface area contributed by atoms with Crippen molar-refractivity contribution in [1.29, 1.82) is 0 Å². The van der Waals surface area contributed by atoms with Crippen LogP contribution in [0.4, 0.5) is 0 Å². The smallest absolute Gasteiger partial charge is 0.0419 e. The molecule has 0 aliphatic carbocycles. The summed E-state index contributed by atoms with van der Waals surface area (Å²) in [5.74, 6) is 2.58. The summed E-state index contributed by atoms with van der Waals surface area (Å²) >= 11 is 4.25. The van der Waals surface area contributed by atoms with E-state index in [0.717, 1.165) is 24.6 Å². The molecular formula is C16H26N2S2. The number of hydrogen-bond donors (Lipinski definition) is 1. The number of aryl methyl sites for hydroxylation is 1.